The number of para-hydroxylation sites is 3. The first-order chi connectivity index (χ1) is 14.6. The zero-order valence-electron chi connectivity index (χ0n) is 15.8. The summed E-state index contributed by atoms with van der Waals surface area (Å²) in [5.41, 5.74) is 2.28. The van der Waals surface area contributed by atoms with E-state index in [9.17, 15) is 9.59 Å². The molecule has 0 atom stereocenters. The molecule has 1 aromatic heterocycles. The van der Waals surface area contributed by atoms with Gasteiger partial charge in [-0.2, -0.15) is 0 Å². The summed E-state index contributed by atoms with van der Waals surface area (Å²) in [5.74, 6) is -0.113. The maximum atomic E-state index is 12.7. The number of rotatable bonds is 6. The number of carbonyl (C=O) groups excluding carboxylic acids is 2. The summed E-state index contributed by atoms with van der Waals surface area (Å²) in [5, 5.41) is 7.13. The lowest BCUT2D eigenvalue weighted by Gasteiger charge is -2.12. The van der Waals surface area contributed by atoms with Crippen LogP contribution in [-0.4, -0.2) is 23.4 Å². The largest absolute Gasteiger partial charge is 0.484 e. The molecule has 1 heterocycles. The average molecular weight is 420 g/mol. The number of benzene rings is 3. The first kappa shape index (κ1) is 19.5. The van der Waals surface area contributed by atoms with Crippen molar-refractivity contribution in [3.8, 4) is 5.75 Å². The van der Waals surface area contributed by atoms with Gasteiger partial charge in [0.2, 0.25) is 0 Å². The van der Waals surface area contributed by atoms with Gasteiger partial charge in [-0.05, 0) is 48.5 Å². The van der Waals surface area contributed by atoms with Gasteiger partial charge in [0, 0.05) is 15.9 Å². The summed E-state index contributed by atoms with van der Waals surface area (Å²) >= 11 is 5.84. The number of fused-ring (bicyclic) bond motifs is 1. The van der Waals surface area contributed by atoms with Crippen molar-refractivity contribution in [3.63, 3.8) is 0 Å². The van der Waals surface area contributed by atoms with Gasteiger partial charge in [0.25, 0.3) is 11.8 Å². The number of H-pyrrole nitrogens is 1. The van der Waals surface area contributed by atoms with Crippen LogP contribution >= 0.6 is 11.6 Å². The molecule has 0 spiro atoms. The maximum Gasteiger partial charge on any atom is 0.272 e. The van der Waals surface area contributed by atoms with E-state index in [4.69, 9.17) is 16.3 Å². The highest BCUT2D eigenvalue weighted by molar-refractivity contribution is 6.30. The molecule has 0 saturated heterocycles. The molecule has 3 aromatic carbocycles. The summed E-state index contributed by atoms with van der Waals surface area (Å²) in [7, 11) is 0. The van der Waals surface area contributed by atoms with Gasteiger partial charge in [-0.25, -0.2) is 0 Å². The first-order valence-corrected chi connectivity index (χ1v) is 9.62. The van der Waals surface area contributed by atoms with Crippen molar-refractivity contribution in [1.29, 1.82) is 0 Å². The van der Waals surface area contributed by atoms with Crippen molar-refractivity contribution in [2.75, 3.05) is 17.2 Å². The average Bonchev–Trinajstić information content (AvgIpc) is 3.19. The molecule has 0 bridgehead atoms. The standard InChI is InChI=1S/C23H18ClN3O3/c24-16-9-11-17(12-10-16)30-14-22(28)26-19-7-3-4-8-20(19)27-23(29)21-13-15-5-1-2-6-18(15)25-21/h1-13,25H,14H2,(H,26,28)(H,27,29). The second-order valence-electron chi connectivity index (χ2n) is 6.56. The Kier molecular flexibility index (Phi) is 5.68. The Labute approximate surface area is 177 Å². The Bertz CT molecular complexity index is 1170. The highest BCUT2D eigenvalue weighted by atomic mass is 35.5. The lowest BCUT2D eigenvalue weighted by Crippen LogP contribution is -2.21. The Morgan fingerprint density at radius 1 is 0.867 bits per heavy atom. The molecule has 0 aliphatic heterocycles. The molecular weight excluding hydrogens is 402 g/mol. The predicted molar refractivity (Wildman–Crippen MR) is 118 cm³/mol. The number of amides is 2. The number of aromatic amines is 1. The van der Waals surface area contributed by atoms with Crippen LogP contribution in [0.1, 0.15) is 10.5 Å². The van der Waals surface area contributed by atoms with Gasteiger partial charge in [-0.1, -0.05) is 41.9 Å². The smallest absolute Gasteiger partial charge is 0.272 e. The molecular formula is C23H18ClN3O3. The lowest BCUT2D eigenvalue weighted by atomic mass is 10.2. The third-order valence-electron chi connectivity index (χ3n) is 4.41. The van der Waals surface area contributed by atoms with Crippen LogP contribution in [0.3, 0.4) is 0 Å². The van der Waals surface area contributed by atoms with Crippen molar-refractivity contribution in [2.24, 2.45) is 0 Å². The molecule has 4 rings (SSSR count). The van der Waals surface area contributed by atoms with E-state index in [2.05, 4.69) is 15.6 Å². The fraction of sp³-hybridized carbons (Fsp3) is 0.0435. The van der Waals surface area contributed by atoms with Crippen LogP contribution in [0.15, 0.2) is 78.9 Å². The topological polar surface area (TPSA) is 83.2 Å². The molecule has 3 N–H and O–H groups in total. The van der Waals surface area contributed by atoms with Gasteiger partial charge >= 0.3 is 0 Å². The summed E-state index contributed by atoms with van der Waals surface area (Å²) < 4.78 is 5.46. The van der Waals surface area contributed by atoms with E-state index in [0.717, 1.165) is 10.9 Å². The van der Waals surface area contributed by atoms with Crippen LogP contribution in [-0.2, 0) is 4.79 Å². The number of halogens is 1. The molecule has 0 aliphatic rings. The number of ether oxygens (including phenoxy) is 1. The van der Waals surface area contributed by atoms with Crippen LogP contribution in [0.4, 0.5) is 11.4 Å². The van der Waals surface area contributed by atoms with Crippen molar-refractivity contribution in [3.05, 3.63) is 89.6 Å². The lowest BCUT2D eigenvalue weighted by molar-refractivity contribution is -0.118. The van der Waals surface area contributed by atoms with Crippen molar-refractivity contribution in [1.82, 2.24) is 4.98 Å². The second kappa shape index (κ2) is 8.71. The SMILES string of the molecule is O=C(COc1ccc(Cl)cc1)Nc1ccccc1NC(=O)c1cc2ccccc2[nH]1. The molecule has 6 nitrogen and oxygen atoms in total. The zero-order valence-corrected chi connectivity index (χ0v) is 16.6. The molecule has 0 saturated carbocycles. The molecule has 0 aliphatic carbocycles. The van der Waals surface area contributed by atoms with E-state index < -0.39 is 0 Å². The molecule has 0 fully saturated rings. The minimum absolute atomic E-state index is 0.175. The Hall–Kier alpha value is -3.77. The van der Waals surface area contributed by atoms with Gasteiger partial charge < -0.3 is 20.4 Å². The minimum Gasteiger partial charge on any atom is -0.484 e. The Morgan fingerprint density at radius 2 is 1.53 bits per heavy atom. The number of nitrogens with one attached hydrogen (secondary N) is 3. The van der Waals surface area contributed by atoms with Gasteiger partial charge in [0.05, 0.1) is 11.4 Å². The highest BCUT2D eigenvalue weighted by Crippen LogP contribution is 2.23. The van der Waals surface area contributed by atoms with Crippen LogP contribution in [0.2, 0.25) is 5.02 Å². The van der Waals surface area contributed by atoms with E-state index in [1.54, 1.807) is 54.6 Å². The normalized spacial score (nSPS) is 10.6. The van der Waals surface area contributed by atoms with Crippen LogP contribution < -0.4 is 15.4 Å². The number of aromatic nitrogens is 1. The van der Waals surface area contributed by atoms with E-state index in [-0.39, 0.29) is 18.4 Å². The number of hydrogen-bond donors (Lipinski definition) is 3. The summed E-state index contributed by atoms with van der Waals surface area (Å²) in [6.07, 6.45) is 0. The monoisotopic (exact) mass is 419 g/mol. The van der Waals surface area contributed by atoms with E-state index in [1.165, 1.54) is 0 Å². The summed E-state index contributed by atoms with van der Waals surface area (Å²) in [4.78, 5) is 28.1. The first-order valence-electron chi connectivity index (χ1n) is 9.25. The Morgan fingerprint density at radius 3 is 2.27 bits per heavy atom. The predicted octanol–water partition coefficient (Wildman–Crippen LogP) is 5.09. The summed E-state index contributed by atoms with van der Waals surface area (Å²) in [6.45, 7) is -0.175. The molecule has 150 valence electrons. The number of hydrogen-bond acceptors (Lipinski definition) is 3. The van der Waals surface area contributed by atoms with Gasteiger partial charge in [0.1, 0.15) is 11.4 Å². The van der Waals surface area contributed by atoms with Gasteiger partial charge in [-0.15, -0.1) is 0 Å². The van der Waals surface area contributed by atoms with Gasteiger partial charge in [0.15, 0.2) is 6.61 Å². The fourth-order valence-electron chi connectivity index (χ4n) is 2.95. The second-order valence-corrected chi connectivity index (χ2v) is 7.00. The fourth-order valence-corrected chi connectivity index (χ4v) is 3.08. The maximum absolute atomic E-state index is 12.7. The minimum atomic E-state index is -0.350. The zero-order chi connectivity index (χ0) is 20.9. The van der Waals surface area contributed by atoms with Crippen molar-refractivity contribution < 1.29 is 14.3 Å². The van der Waals surface area contributed by atoms with E-state index in [1.807, 2.05) is 24.3 Å². The van der Waals surface area contributed by atoms with E-state index in [0.29, 0.717) is 27.8 Å². The highest BCUT2D eigenvalue weighted by Gasteiger charge is 2.13. The molecule has 7 heteroatoms. The molecule has 30 heavy (non-hydrogen) atoms. The molecule has 0 radical (unpaired) electrons. The molecule has 4 aromatic rings. The van der Waals surface area contributed by atoms with Crippen molar-refractivity contribution >= 4 is 45.7 Å². The summed E-state index contributed by atoms with van der Waals surface area (Å²) in [6, 6.07) is 23.1. The Balaban J connectivity index is 1.42. The van der Waals surface area contributed by atoms with E-state index >= 15 is 0 Å². The third-order valence-corrected chi connectivity index (χ3v) is 4.66. The van der Waals surface area contributed by atoms with Crippen LogP contribution in [0, 0.1) is 0 Å². The quantitative estimate of drug-likeness (QED) is 0.407. The molecule has 2 amide bonds. The number of carbonyl (C=O) groups is 2. The third kappa shape index (κ3) is 4.61. The van der Waals surface area contributed by atoms with Gasteiger partial charge in [-0.3, -0.25) is 9.59 Å². The van der Waals surface area contributed by atoms with Crippen LogP contribution in [0.5, 0.6) is 5.75 Å². The molecule has 0 unspecified atom stereocenters. The van der Waals surface area contributed by atoms with Crippen molar-refractivity contribution in [2.45, 2.75) is 0 Å². The number of anilines is 2. The van der Waals surface area contributed by atoms with Crippen LogP contribution in [0.25, 0.3) is 10.9 Å².